The van der Waals surface area contributed by atoms with Gasteiger partial charge < -0.3 is 29.4 Å². The number of nitrogens with two attached hydrogens (primary N) is 1. The molecule has 0 heterocycles. The largest absolute Gasteiger partial charge is 1.00 e. The SMILES string of the molecule is COc1cc(-c2ccc(N/N=C3/C(=O)c4c(N)cc(S(=O)(=O)[O-])cc4C=C3S(=O)(=O)[O-])c(OC)c2)ccc1N/N=C1/C=CC(=O)C(C(=O)O)=C1.[Na+].[Na+]. The van der Waals surface area contributed by atoms with Gasteiger partial charge in [0.25, 0.3) is 0 Å². The second-order valence-electron chi connectivity index (χ2n) is 10.3. The summed E-state index contributed by atoms with van der Waals surface area (Å²) in [6.07, 6.45) is 4.28. The Morgan fingerprint density at radius 1 is 0.808 bits per heavy atom. The number of aliphatic carboxylic acids is 1. The maximum atomic E-state index is 13.3. The van der Waals surface area contributed by atoms with Gasteiger partial charge in [0.1, 0.15) is 43.0 Å². The van der Waals surface area contributed by atoms with E-state index in [0.29, 0.717) is 28.6 Å². The predicted octanol–water partition coefficient (Wildman–Crippen LogP) is -3.67. The number of nitrogens with zero attached hydrogens (tertiary/aromatic N) is 2. The molecular formula is C31H23N5Na2O12S2. The van der Waals surface area contributed by atoms with Gasteiger partial charge in [0, 0.05) is 5.69 Å². The number of hydrazone groups is 2. The fourth-order valence-electron chi connectivity index (χ4n) is 4.84. The van der Waals surface area contributed by atoms with Gasteiger partial charge in [-0.3, -0.25) is 20.4 Å². The number of carboxylic acids is 1. The molecule has 5 rings (SSSR count). The van der Waals surface area contributed by atoms with E-state index in [4.69, 9.17) is 15.2 Å². The number of allylic oxidation sites excluding steroid dienone is 4. The smallest absolute Gasteiger partial charge is 0.744 e. The van der Waals surface area contributed by atoms with Gasteiger partial charge in [0.2, 0.25) is 5.78 Å². The molecule has 2 aliphatic rings. The topological polar surface area (TPSA) is 279 Å². The van der Waals surface area contributed by atoms with Crippen LogP contribution in [0, 0.1) is 0 Å². The monoisotopic (exact) mass is 767 g/mol. The van der Waals surface area contributed by atoms with Crippen molar-refractivity contribution in [1.29, 1.82) is 0 Å². The van der Waals surface area contributed by atoms with Crippen molar-refractivity contribution < 1.29 is 114 Å². The predicted molar refractivity (Wildman–Crippen MR) is 178 cm³/mol. The first kappa shape index (κ1) is 42.3. The van der Waals surface area contributed by atoms with E-state index < -0.39 is 64.5 Å². The van der Waals surface area contributed by atoms with Crippen LogP contribution in [0.3, 0.4) is 0 Å². The number of benzene rings is 3. The minimum Gasteiger partial charge on any atom is -0.744 e. The molecule has 0 radical (unpaired) electrons. The molecule has 0 aromatic heterocycles. The van der Waals surface area contributed by atoms with E-state index in [2.05, 4.69) is 21.1 Å². The van der Waals surface area contributed by atoms with Gasteiger partial charge in [-0.25, -0.2) is 21.6 Å². The first-order valence-corrected chi connectivity index (χ1v) is 16.7. The summed E-state index contributed by atoms with van der Waals surface area (Å²) in [6, 6.07) is 11.2. The molecule has 0 spiro atoms. The zero-order valence-electron chi connectivity index (χ0n) is 27.7. The van der Waals surface area contributed by atoms with Gasteiger partial charge >= 0.3 is 65.1 Å². The van der Waals surface area contributed by atoms with Crippen LogP contribution >= 0.6 is 0 Å². The third-order valence-electron chi connectivity index (χ3n) is 7.22. The molecule has 0 atom stereocenters. The van der Waals surface area contributed by atoms with Gasteiger partial charge in [-0.2, -0.15) is 10.2 Å². The van der Waals surface area contributed by atoms with Crippen LogP contribution in [0.4, 0.5) is 17.1 Å². The second-order valence-corrected chi connectivity index (χ2v) is 13.1. The van der Waals surface area contributed by atoms with Gasteiger partial charge in [-0.05, 0) is 77.4 Å². The normalized spacial score (nSPS) is 15.5. The van der Waals surface area contributed by atoms with E-state index >= 15 is 0 Å². The fourth-order valence-corrected chi connectivity index (χ4v) is 6.03. The number of fused-ring (bicyclic) bond motifs is 1. The Kier molecular flexibility index (Phi) is 13.6. The number of ketones is 2. The fraction of sp³-hybridized carbons (Fsp3) is 0.0645. The van der Waals surface area contributed by atoms with Crippen molar-refractivity contribution in [2.75, 3.05) is 30.8 Å². The Labute approximate surface area is 340 Å². The van der Waals surface area contributed by atoms with Crippen LogP contribution in [0.15, 0.2) is 92.3 Å². The third-order valence-corrected chi connectivity index (χ3v) is 8.88. The molecule has 52 heavy (non-hydrogen) atoms. The van der Waals surface area contributed by atoms with Crippen LogP contribution in [-0.4, -0.2) is 74.2 Å². The van der Waals surface area contributed by atoms with Crippen LogP contribution in [0.1, 0.15) is 15.9 Å². The maximum Gasteiger partial charge on any atom is 1.00 e. The van der Waals surface area contributed by atoms with Crippen molar-refractivity contribution in [1.82, 2.24) is 0 Å². The van der Waals surface area contributed by atoms with Crippen LogP contribution in [0.5, 0.6) is 11.5 Å². The Balaban J connectivity index is 0.00000364. The number of rotatable bonds is 10. The van der Waals surface area contributed by atoms with Gasteiger partial charge in [0.15, 0.2) is 5.78 Å². The minimum absolute atomic E-state index is 0. The summed E-state index contributed by atoms with van der Waals surface area (Å²) >= 11 is 0. The number of hydrogen-bond acceptors (Lipinski definition) is 16. The summed E-state index contributed by atoms with van der Waals surface area (Å²) in [7, 11) is -7.64. The number of carbonyl (C=O) groups is 3. The molecule has 258 valence electrons. The Hall–Kier alpha value is -4.15. The molecule has 2 aliphatic carbocycles. The second kappa shape index (κ2) is 16.7. The molecule has 0 aliphatic heterocycles. The summed E-state index contributed by atoms with van der Waals surface area (Å²) < 4.78 is 81.8. The number of nitrogens with one attached hydrogen (secondary N) is 2. The molecule has 3 aromatic carbocycles. The Morgan fingerprint density at radius 3 is 1.87 bits per heavy atom. The van der Waals surface area contributed by atoms with E-state index in [1.165, 1.54) is 26.4 Å². The number of nitrogen functional groups attached to an aromatic ring is 1. The Morgan fingerprint density at radius 2 is 1.37 bits per heavy atom. The molecule has 0 saturated carbocycles. The van der Waals surface area contributed by atoms with Gasteiger partial charge in [-0.1, -0.05) is 12.1 Å². The molecule has 0 unspecified atom stereocenters. The number of anilines is 3. The molecule has 0 bridgehead atoms. The number of carbonyl (C=O) groups excluding carboxylic acids is 2. The first-order valence-electron chi connectivity index (χ1n) is 13.8. The van der Waals surface area contributed by atoms with Crippen LogP contribution < -0.4 is 85.2 Å². The number of Topliss-reactive ketones (excluding diaryl/α,β-unsaturated/α-hetero) is 1. The van der Waals surface area contributed by atoms with Crippen LogP contribution in [0.2, 0.25) is 0 Å². The number of carboxylic acid groups (broad SMARTS) is 1. The summed E-state index contributed by atoms with van der Waals surface area (Å²) in [5, 5.41) is 17.2. The zero-order valence-corrected chi connectivity index (χ0v) is 33.3. The van der Waals surface area contributed by atoms with Crippen molar-refractivity contribution in [3.8, 4) is 22.6 Å². The zero-order chi connectivity index (χ0) is 36.5. The molecule has 0 amide bonds. The Bertz CT molecular complexity index is 2390. The summed E-state index contributed by atoms with van der Waals surface area (Å²) in [6.45, 7) is 0. The summed E-state index contributed by atoms with van der Waals surface area (Å²) in [5.41, 5.74) is 10.6. The molecule has 21 heteroatoms. The quantitative estimate of drug-likeness (QED) is 0.0386. The van der Waals surface area contributed by atoms with Crippen molar-refractivity contribution in [2.24, 2.45) is 10.2 Å². The first-order chi connectivity index (χ1) is 23.5. The van der Waals surface area contributed by atoms with E-state index in [1.54, 1.807) is 30.3 Å². The van der Waals surface area contributed by atoms with Crippen molar-refractivity contribution in [3.05, 3.63) is 88.4 Å². The van der Waals surface area contributed by atoms with E-state index in [9.17, 15) is 45.4 Å². The minimum atomic E-state index is -5.35. The molecule has 0 saturated heterocycles. The average Bonchev–Trinajstić information content (AvgIpc) is 3.06. The standard InChI is InChI=1S/C31H25N5O12S2.2Na/c1-47-25-10-15(3-6-22(25)34-33-18-5-8-24(37)20(13-18)31(39)40)16-4-7-23(26(11-16)48-2)35-36-29-27(50(44,45)46)12-17-9-19(49(41,42)43)14-21(32)28(17)30(29)38;;/h3-14,34-35H,32H2,1-2H3,(H,39,40)(H,41,42,43)(H,44,45,46);;/q;2*+1/p-2/b33-18-,36-29+;;. The van der Waals surface area contributed by atoms with Crippen molar-refractivity contribution in [2.45, 2.75) is 4.90 Å². The molecule has 3 aromatic rings. The van der Waals surface area contributed by atoms with E-state index in [0.717, 1.165) is 24.3 Å². The van der Waals surface area contributed by atoms with E-state index in [-0.39, 0.29) is 87.4 Å². The molecular weight excluding hydrogens is 744 g/mol. The molecule has 17 nitrogen and oxygen atoms in total. The average molecular weight is 768 g/mol. The van der Waals surface area contributed by atoms with Gasteiger partial charge in [0.05, 0.1) is 46.7 Å². The van der Waals surface area contributed by atoms with Crippen LogP contribution in [0.25, 0.3) is 17.2 Å². The van der Waals surface area contributed by atoms with E-state index in [1.807, 2.05) is 0 Å². The number of ether oxygens (including phenoxy) is 2. The third kappa shape index (κ3) is 9.07. The number of hydrogen-bond donors (Lipinski definition) is 4. The van der Waals surface area contributed by atoms with Crippen molar-refractivity contribution in [3.63, 3.8) is 0 Å². The summed E-state index contributed by atoms with van der Waals surface area (Å²) in [5.74, 6) is -2.65. The molecule has 0 fully saturated rings. The van der Waals surface area contributed by atoms with Crippen molar-refractivity contribution >= 4 is 72.3 Å². The van der Waals surface area contributed by atoms with Crippen LogP contribution in [-0.2, 0) is 29.8 Å². The van der Waals surface area contributed by atoms with Gasteiger partial charge in [-0.15, -0.1) is 0 Å². The number of methoxy groups -OCH3 is 2. The summed E-state index contributed by atoms with van der Waals surface area (Å²) in [4.78, 5) is 34.4. The molecule has 5 N–H and O–H groups in total. The maximum absolute atomic E-state index is 13.3.